The number of rotatable bonds is 7. The maximum absolute atomic E-state index is 7.30. The van der Waals surface area contributed by atoms with Gasteiger partial charge in [-0.15, -0.1) is 0 Å². The molecule has 3 atom stereocenters. The maximum Gasteiger partial charge on any atom is 0.144 e. The second-order valence-corrected chi connectivity index (χ2v) is 8.97. The largest absolute Gasteiger partial charge is 0.353 e. The first-order valence-electron chi connectivity index (χ1n) is 10.9. The third kappa shape index (κ3) is 4.26. The van der Waals surface area contributed by atoms with Crippen molar-refractivity contribution in [1.82, 2.24) is 0 Å². The van der Waals surface area contributed by atoms with E-state index in [1.165, 1.54) is 36.0 Å². The fraction of sp³-hybridized carbons (Fsp3) is 0.286. The summed E-state index contributed by atoms with van der Waals surface area (Å²) in [5.74, 6) is 1.20. The summed E-state index contributed by atoms with van der Waals surface area (Å²) in [6.07, 6.45) is 6.11. The molecule has 0 radical (unpaired) electrons. The smallest absolute Gasteiger partial charge is 0.144 e. The van der Waals surface area contributed by atoms with E-state index in [0.717, 1.165) is 0 Å². The molecule has 0 spiro atoms. The molecule has 1 aliphatic rings. The number of halogens is 1. The van der Waals surface area contributed by atoms with Gasteiger partial charge in [-0.05, 0) is 45.1 Å². The molecule has 3 aromatic rings. The van der Waals surface area contributed by atoms with Crippen molar-refractivity contribution in [1.29, 1.82) is 0 Å². The molecule has 0 heterocycles. The van der Waals surface area contributed by atoms with E-state index in [9.17, 15) is 0 Å². The van der Waals surface area contributed by atoms with Crippen molar-refractivity contribution in [3.8, 4) is 0 Å². The second kappa shape index (κ2) is 9.93. The fourth-order valence-corrected chi connectivity index (χ4v) is 5.34. The molecule has 1 fully saturated rings. The molecular weight excluding hydrogens is 479 g/mol. The van der Waals surface area contributed by atoms with Crippen molar-refractivity contribution in [2.45, 2.75) is 37.9 Å². The van der Waals surface area contributed by atoms with E-state index in [-0.39, 0.29) is 6.10 Å². The van der Waals surface area contributed by atoms with Crippen LogP contribution >= 0.6 is 22.6 Å². The Balaban J connectivity index is 1.92. The summed E-state index contributed by atoms with van der Waals surface area (Å²) in [6, 6.07) is 32.1. The molecule has 3 aromatic carbocycles. The molecule has 0 saturated heterocycles. The topological polar surface area (TPSA) is 9.23 Å². The van der Waals surface area contributed by atoms with Gasteiger partial charge in [0.15, 0.2) is 0 Å². The van der Waals surface area contributed by atoms with Gasteiger partial charge in [-0.25, -0.2) is 0 Å². The zero-order chi connectivity index (χ0) is 20.8. The Kier molecular flexibility index (Phi) is 7.06. The van der Waals surface area contributed by atoms with Crippen LogP contribution in [0.3, 0.4) is 0 Å². The first kappa shape index (κ1) is 21.3. The van der Waals surface area contributed by atoms with Crippen LogP contribution in [0.5, 0.6) is 0 Å². The molecule has 1 saturated carbocycles. The van der Waals surface area contributed by atoms with Gasteiger partial charge in [0, 0.05) is 0 Å². The van der Waals surface area contributed by atoms with Crippen LogP contribution in [0.2, 0.25) is 0 Å². The van der Waals surface area contributed by atoms with Gasteiger partial charge in [0.2, 0.25) is 0 Å². The van der Waals surface area contributed by atoms with Gasteiger partial charge in [0.1, 0.15) is 5.60 Å². The highest BCUT2D eigenvalue weighted by molar-refractivity contribution is 14.1. The quantitative estimate of drug-likeness (QED) is 0.234. The molecular formula is C28H29IO. The van der Waals surface area contributed by atoms with Crippen LogP contribution in [0.4, 0.5) is 0 Å². The van der Waals surface area contributed by atoms with Crippen molar-refractivity contribution in [2.24, 2.45) is 11.8 Å². The second-order valence-electron chi connectivity index (χ2n) is 8.25. The molecule has 30 heavy (non-hydrogen) atoms. The van der Waals surface area contributed by atoms with E-state index in [1.807, 2.05) is 0 Å². The number of hydrogen-bond donors (Lipinski definition) is 0. The molecule has 4 rings (SSSR count). The Hall–Kier alpha value is -1.91. The Morgan fingerprint density at radius 1 is 0.800 bits per heavy atom. The van der Waals surface area contributed by atoms with E-state index in [1.54, 1.807) is 0 Å². The number of hydrogen-bond acceptors (Lipinski definition) is 1. The summed E-state index contributed by atoms with van der Waals surface area (Å²) in [4.78, 5) is 0. The average molecular weight is 508 g/mol. The number of benzene rings is 3. The standard InChI is InChI=1S/C28H29IO/c1-22-12-11-19-26(22)27(20-21-29)30-28(23-13-5-2-6-14-23,24-15-7-3-8-16-24)25-17-9-4-10-18-25/h2-10,13-18,20-22,26-27H,11-12,19H2,1H3/t22-,26-,27?/m1/s1. The lowest BCUT2D eigenvalue weighted by Crippen LogP contribution is -2.39. The first-order valence-corrected chi connectivity index (χ1v) is 12.1. The maximum atomic E-state index is 7.30. The van der Waals surface area contributed by atoms with Gasteiger partial charge in [-0.1, -0.05) is 133 Å². The molecule has 1 unspecified atom stereocenters. The van der Waals surface area contributed by atoms with Crippen LogP contribution in [0, 0.1) is 11.8 Å². The van der Waals surface area contributed by atoms with E-state index in [2.05, 4.69) is 131 Å². The summed E-state index contributed by atoms with van der Waals surface area (Å²) in [5.41, 5.74) is 2.84. The van der Waals surface area contributed by atoms with Crippen molar-refractivity contribution in [2.75, 3.05) is 0 Å². The summed E-state index contributed by atoms with van der Waals surface area (Å²) in [5, 5.41) is 0. The molecule has 0 aliphatic heterocycles. The van der Waals surface area contributed by atoms with Gasteiger partial charge in [0.25, 0.3) is 0 Å². The third-order valence-electron chi connectivity index (χ3n) is 6.47. The lowest BCUT2D eigenvalue weighted by molar-refractivity contribution is -0.0559. The normalized spacial score (nSPS) is 20.5. The highest BCUT2D eigenvalue weighted by Gasteiger charge is 2.42. The number of ether oxygens (including phenoxy) is 1. The Bertz CT molecular complexity index is 839. The predicted molar refractivity (Wildman–Crippen MR) is 134 cm³/mol. The molecule has 0 N–H and O–H groups in total. The fourth-order valence-electron chi connectivity index (χ4n) is 4.93. The van der Waals surface area contributed by atoms with E-state index in [4.69, 9.17) is 4.74 Å². The van der Waals surface area contributed by atoms with Crippen molar-refractivity contribution < 1.29 is 4.74 Å². The summed E-state index contributed by atoms with van der Waals surface area (Å²) < 4.78 is 9.42. The van der Waals surface area contributed by atoms with Gasteiger partial charge >= 0.3 is 0 Å². The van der Waals surface area contributed by atoms with Crippen LogP contribution in [-0.2, 0) is 10.3 Å². The molecule has 2 heteroatoms. The highest BCUT2D eigenvalue weighted by atomic mass is 127. The summed E-state index contributed by atoms with van der Waals surface area (Å²) in [7, 11) is 0. The molecule has 1 nitrogen and oxygen atoms in total. The molecule has 0 aromatic heterocycles. The molecule has 0 amide bonds. The predicted octanol–water partition coefficient (Wildman–Crippen LogP) is 7.75. The highest BCUT2D eigenvalue weighted by Crippen LogP contribution is 2.45. The van der Waals surface area contributed by atoms with Crippen molar-refractivity contribution in [3.63, 3.8) is 0 Å². The Morgan fingerprint density at radius 2 is 1.27 bits per heavy atom. The van der Waals surface area contributed by atoms with E-state index in [0.29, 0.717) is 11.8 Å². The van der Waals surface area contributed by atoms with Crippen molar-refractivity contribution >= 4 is 22.6 Å². The average Bonchev–Trinajstić information content (AvgIpc) is 3.24. The van der Waals surface area contributed by atoms with Crippen LogP contribution < -0.4 is 0 Å². The van der Waals surface area contributed by atoms with E-state index < -0.39 is 5.60 Å². The van der Waals surface area contributed by atoms with E-state index >= 15 is 0 Å². The monoisotopic (exact) mass is 508 g/mol. The molecule has 154 valence electrons. The Labute approximate surface area is 194 Å². The van der Waals surface area contributed by atoms with Gasteiger partial charge < -0.3 is 4.74 Å². The SMILES string of the molecule is C[C@@H]1CCC[C@H]1C(C=CI)OC(c1ccccc1)(c1ccccc1)c1ccccc1. The molecule has 1 aliphatic carbocycles. The minimum absolute atomic E-state index is 0.0556. The van der Waals surface area contributed by atoms with Crippen LogP contribution in [-0.4, -0.2) is 6.10 Å². The molecule has 0 bridgehead atoms. The van der Waals surface area contributed by atoms with Crippen LogP contribution in [0.15, 0.2) is 101 Å². The lowest BCUT2D eigenvalue weighted by Gasteiger charge is -2.40. The van der Waals surface area contributed by atoms with Crippen LogP contribution in [0.1, 0.15) is 42.9 Å². The van der Waals surface area contributed by atoms with Gasteiger partial charge in [0.05, 0.1) is 6.10 Å². The Morgan fingerprint density at radius 3 is 1.63 bits per heavy atom. The zero-order valence-corrected chi connectivity index (χ0v) is 19.6. The van der Waals surface area contributed by atoms with Crippen molar-refractivity contribution in [3.05, 3.63) is 118 Å². The first-order chi connectivity index (χ1) is 14.8. The zero-order valence-electron chi connectivity index (χ0n) is 17.5. The lowest BCUT2D eigenvalue weighted by atomic mass is 9.79. The summed E-state index contributed by atoms with van der Waals surface area (Å²) >= 11 is 2.33. The minimum atomic E-state index is -0.660. The third-order valence-corrected chi connectivity index (χ3v) is 6.88. The van der Waals surface area contributed by atoms with Gasteiger partial charge in [-0.3, -0.25) is 0 Å². The van der Waals surface area contributed by atoms with Gasteiger partial charge in [-0.2, -0.15) is 0 Å². The minimum Gasteiger partial charge on any atom is -0.353 e. The van der Waals surface area contributed by atoms with Crippen LogP contribution in [0.25, 0.3) is 0 Å². The summed E-state index contributed by atoms with van der Waals surface area (Å²) in [6.45, 7) is 2.38.